The molecule has 0 radical (unpaired) electrons. The van der Waals surface area contributed by atoms with Crippen molar-refractivity contribution in [2.24, 2.45) is 0 Å². The van der Waals surface area contributed by atoms with Crippen molar-refractivity contribution in [2.75, 3.05) is 23.4 Å². The lowest BCUT2D eigenvalue weighted by atomic mass is 10.5. The zero-order valence-electron chi connectivity index (χ0n) is 8.90. The van der Waals surface area contributed by atoms with Crippen LogP contribution in [0.25, 0.3) is 11.2 Å². The molecule has 2 heterocycles. The Morgan fingerprint density at radius 2 is 2.41 bits per heavy atom. The number of terminal acetylenes is 1. The summed E-state index contributed by atoms with van der Waals surface area (Å²) in [5.41, 5.74) is 1.32. The van der Waals surface area contributed by atoms with E-state index in [2.05, 4.69) is 31.2 Å². The topological polar surface area (TPSA) is 66.5 Å². The molecule has 2 aromatic heterocycles. The maximum absolute atomic E-state index is 5.80. The molecule has 5 nitrogen and oxygen atoms in total. The Bertz CT molecular complexity index is 547. The lowest BCUT2D eigenvalue weighted by Crippen LogP contribution is -2.07. The number of hydrogen-bond donors (Lipinski definition) is 2. The second-order valence-corrected chi connectivity index (χ2v) is 4.57. The first-order valence-corrected chi connectivity index (χ1v) is 6.46. The number of halogens is 1. The third-order valence-electron chi connectivity index (χ3n) is 1.98. The average Bonchev–Trinajstić information content (AvgIpc) is 2.76. The summed E-state index contributed by atoms with van der Waals surface area (Å²) in [5.74, 6) is 4.86. The lowest BCUT2D eigenvalue weighted by Gasteiger charge is -2.05. The van der Waals surface area contributed by atoms with Gasteiger partial charge in [-0.05, 0) is 11.6 Å². The molecule has 0 saturated heterocycles. The maximum Gasteiger partial charge on any atom is 0.226 e. The molecule has 2 N–H and O–H groups in total. The van der Waals surface area contributed by atoms with Crippen LogP contribution in [-0.2, 0) is 0 Å². The van der Waals surface area contributed by atoms with Crippen LogP contribution < -0.4 is 5.32 Å². The highest BCUT2D eigenvalue weighted by Gasteiger charge is 2.07. The van der Waals surface area contributed by atoms with Gasteiger partial charge in [-0.3, -0.25) is 0 Å². The molecule has 2 aromatic rings. The van der Waals surface area contributed by atoms with Crippen LogP contribution in [0, 0.1) is 12.3 Å². The number of aromatic nitrogens is 4. The number of fused-ring (bicyclic) bond motifs is 1. The number of aromatic amines is 1. The molecule has 0 unspecified atom stereocenters. The quantitative estimate of drug-likeness (QED) is 0.491. The van der Waals surface area contributed by atoms with Crippen LogP contribution in [0.5, 0.6) is 0 Å². The number of hydrogen-bond acceptors (Lipinski definition) is 5. The van der Waals surface area contributed by atoms with Crippen LogP contribution in [-0.4, -0.2) is 38.0 Å². The van der Waals surface area contributed by atoms with Crippen molar-refractivity contribution >= 4 is 40.3 Å². The second-order valence-electron chi connectivity index (χ2n) is 3.13. The zero-order valence-corrected chi connectivity index (χ0v) is 10.5. The van der Waals surface area contributed by atoms with Crippen LogP contribution in [0.15, 0.2) is 6.33 Å². The van der Waals surface area contributed by atoms with Gasteiger partial charge in [0.25, 0.3) is 0 Å². The fraction of sp³-hybridized carbons (Fsp3) is 0.300. The Balaban J connectivity index is 2.03. The van der Waals surface area contributed by atoms with Crippen LogP contribution in [0.2, 0.25) is 5.28 Å². The van der Waals surface area contributed by atoms with Crippen molar-refractivity contribution < 1.29 is 0 Å². The molecule has 0 spiro atoms. The summed E-state index contributed by atoms with van der Waals surface area (Å²) in [6.07, 6.45) is 6.72. The first kappa shape index (κ1) is 12.0. The molecule has 2 rings (SSSR count). The van der Waals surface area contributed by atoms with Gasteiger partial charge in [0, 0.05) is 12.3 Å². The smallest absolute Gasteiger partial charge is 0.226 e. The molecule has 0 aromatic carbocycles. The predicted octanol–water partition coefficient (Wildman–Crippen LogP) is 1.78. The van der Waals surface area contributed by atoms with Crippen molar-refractivity contribution in [3.8, 4) is 12.3 Å². The Morgan fingerprint density at radius 1 is 1.53 bits per heavy atom. The third kappa shape index (κ3) is 3.02. The minimum atomic E-state index is 0.184. The second kappa shape index (κ2) is 5.75. The van der Waals surface area contributed by atoms with E-state index in [1.165, 1.54) is 0 Å². The van der Waals surface area contributed by atoms with E-state index in [1.807, 2.05) is 0 Å². The monoisotopic (exact) mass is 267 g/mol. The number of nitrogens with one attached hydrogen (secondary N) is 2. The van der Waals surface area contributed by atoms with E-state index >= 15 is 0 Å². The standard InChI is InChI=1S/C10H10ClN5S/c1-2-4-17-5-3-12-8-7-9(14-6-13-7)16-10(11)15-8/h1,6H,3-5H2,(H2,12,13,14,15,16). The fourth-order valence-electron chi connectivity index (χ4n) is 1.31. The number of imidazole rings is 1. The highest BCUT2D eigenvalue weighted by Crippen LogP contribution is 2.18. The van der Waals surface area contributed by atoms with Gasteiger partial charge in [0.05, 0.1) is 12.1 Å². The highest BCUT2D eigenvalue weighted by molar-refractivity contribution is 7.99. The Morgan fingerprint density at radius 3 is 3.24 bits per heavy atom. The van der Waals surface area contributed by atoms with Crippen molar-refractivity contribution in [1.82, 2.24) is 19.9 Å². The Labute approximate surface area is 108 Å². The molecule has 0 fully saturated rings. The molecule has 0 bridgehead atoms. The van der Waals surface area contributed by atoms with Gasteiger partial charge < -0.3 is 10.3 Å². The van der Waals surface area contributed by atoms with E-state index in [1.54, 1.807) is 18.1 Å². The SMILES string of the molecule is C#CCSCCNc1nc(Cl)nc2nc[nH]c12. The minimum absolute atomic E-state index is 0.184. The minimum Gasteiger partial charge on any atom is -0.367 e. The molecule has 17 heavy (non-hydrogen) atoms. The number of rotatable bonds is 5. The van der Waals surface area contributed by atoms with Gasteiger partial charge in [-0.2, -0.15) is 9.97 Å². The van der Waals surface area contributed by atoms with E-state index in [9.17, 15) is 0 Å². The van der Waals surface area contributed by atoms with Crippen LogP contribution in [0.1, 0.15) is 0 Å². The molecule has 88 valence electrons. The van der Waals surface area contributed by atoms with E-state index in [4.69, 9.17) is 18.0 Å². The molecular weight excluding hydrogens is 258 g/mol. The van der Waals surface area contributed by atoms with Crippen molar-refractivity contribution in [3.63, 3.8) is 0 Å². The predicted molar refractivity (Wildman–Crippen MR) is 71.3 cm³/mol. The highest BCUT2D eigenvalue weighted by atomic mass is 35.5. The molecule has 0 aliphatic heterocycles. The van der Waals surface area contributed by atoms with Gasteiger partial charge in [0.1, 0.15) is 5.52 Å². The lowest BCUT2D eigenvalue weighted by molar-refractivity contribution is 1.14. The largest absolute Gasteiger partial charge is 0.367 e. The van der Waals surface area contributed by atoms with Gasteiger partial charge in [-0.15, -0.1) is 18.2 Å². The molecule has 0 aliphatic carbocycles. The maximum atomic E-state index is 5.80. The third-order valence-corrected chi connectivity index (χ3v) is 3.02. The van der Waals surface area contributed by atoms with Gasteiger partial charge in [-0.25, -0.2) is 4.98 Å². The summed E-state index contributed by atoms with van der Waals surface area (Å²) in [5, 5.41) is 3.36. The molecular formula is C10H10ClN5S. The first-order chi connectivity index (χ1) is 8.31. The summed E-state index contributed by atoms with van der Waals surface area (Å²) in [6.45, 7) is 0.758. The summed E-state index contributed by atoms with van der Waals surface area (Å²) >= 11 is 7.48. The van der Waals surface area contributed by atoms with Gasteiger partial charge in [0.2, 0.25) is 5.28 Å². The number of thioether (sulfide) groups is 1. The van der Waals surface area contributed by atoms with Crippen LogP contribution >= 0.6 is 23.4 Å². The molecule has 0 aliphatic rings. The van der Waals surface area contributed by atoms with E-state index < -0.39 is 0 Å². The summed E-state index contributed by atoms with van der Waals surface area (Å²) in [7, 11) is 0. The van der Waals surface area contributed by atoms with Crippen LogP contribution in [0.4, 0.5) is 5.82 Å². The number of anilines is 1. The van der Waals surface area contributed by atoms with Crippen molar-refractivity contribution in [3.05, 3.63) is 11.6 Å². The number of H-pyrrole nitrogens is 1. The fourth-order valence-corrected chi connectivity index (χ4v) is 1.98. The summed E-state index contributed by atoms with van der Waals surface area (Å²) < 4.78 is 0. The summed E-state index contributed by atoms with van der Waals surface area (Å²) in [4.78, 5) is 15.1. The molecule has 0 saturated carbocycles. The normalized spacial score (nSPS) is 10.4. The Hall–Kier alpha value is -1.45. The molecule has 7 heteroatoms. The molecule has 0 atom stereocenters. The van der Waals surface area contributed by atoms with E-state index in [0.29, 0.717) is 17.2 Å². The van der Waals surface area contributed by atoms with Gasteiger partial charge in [0.15, 0.2) is 11.5 Å². The zero-order chi connectivity index (χ0) is 12.1. The van der Waals surface area contributed by atoms with Gasteiger partial charge >= 0.3 is 0 Å². The Kier molecular flexibility index (Phi) is 4.07. The van der Waals surface area contributed by atoms with Crippen LogP contribution in [0.3, 0.4) is 0 Å². The van der Waals surface area contributed by atoms with Crippen molar-refractivity contribution in [1.29, 1.82) is 0 Å². The van der Waals surface area contributed by atoms with E-state index in [0.717, 1.165) is 17.8 Å². The average molecular weight is 268 g/mol. The first-order valence-electron chi connectivity index (χ1n) is 4.93. The number of nitrogens with zero attached hydrogens (tertiary/aromatic N) is 3. The summed E-state index contributed by atoms with van der Waals surface area (Å²) in [6, 6.07) is 0. The molecule has 0 amide bonds. The van der Waals surface area contributed by atoms with Crippen molar-refractivity contribution in [2.45, 2.75) is 0 Å². The van der Waals surface area contributed by atoms with E-state index in [-0.39, 0.29) is 5.28 Å². The van der Waals surface area contributed by atoms with Gasteiger partial charge in [-0.1, -0.05) is 5.92 Å².